The molecule has 8 heteroatoms. The molecule has 0 aliphatic carbocycles. The molecule has 0 bridgehead atoms. The van der Waals surface area contributed by atoms with Crippen LogP contribution in [0.25, 0.3) is 0 Å². The Bertz CT molecular complexity index is 513. The molecule has 0 aromatic rings. The summed E-state index contributed by atoms with van der Waals surface area (Å²) >= 11 is 0. The molecule has 26 heavy (non-hydrogen) atoms. The van der Waals surface area contributed by atoms with Crippen molar-refractivity contribution < 1.29 is 37.4 Å². The van der Waals surface area contributed by atoms with Gasteiger partial charge in [-0.3, -0.25) is 0 Å². The minimum absolute atomic E-state index is 0.152. The SMILES string of the molecule is C=C(C)C(=O)OCC(CC)(COC(=O)C(C)(C)F)COC(=O)C(C)(C)F. The van der Waals surface area contributed by atoms with Crippen LogP contribution in [0.3, 0.4) is 0 Å². The third-order valence-electron chi connectivity index (χ3n) is 3.60. The molecule has 0 aliphatic heterocycles. The maximum Gasteiger partial charge on any atom is 0.343 e. The largest absolute Gasteiger partial charge is 0.462 e. The van der Waals surface area contributed by atoms with Gasteiger partial charge < -0.3 is 14.2 Å². The van der Waals surface area contributed by atoms with Crippen LogP contribution in [0.5, 0.6) is 0 Å². The number of ether oxygens (including phenoxy) is 3. The summed E-state index contributed by atoms with van der Waals surface area (Å²) < 4.78 is 42.3. The summed E-state index contributed by atoms with van der Waals surface area (Å²) in [6.07, 6.45) is 0.246. The molecule has 0 N–H and O–H groups in total. The zero-order chi connectivity index (χ0) is 20.8. The Morgan fingerprint density at radius 2 is 1.19 bits per heavy atom. The zero-order valence-electron chi connectivity index (χ0n) is 16.2. The molecule has 0 rings (SSSR count). The number of esters is 3. The number of rotatable bonds is 10. The van der Waals surface area contributed by atoms with Gasteiger partial charge in [-0.1, -0.05) is 13.5 Å². The van der Waals surface area contributed by atoms with E-state index < -0.39 is 34.7 Å². The third kappa shape index (κ3) is 7.93. The summed E-state index contributed by atoms with van der Waals surface area (Å²) in [5, 5.41) is 0. The van der Waals surface area contributed by atoms with Gasteiger partial charge in [-0.05, 0) is 41.0 Å². The smallest absolute Gasteiger partial charge is 0.343 e. The van der Waals surface area contributed by atoms with Gasteiger partial charge in [0, 0.05) is 5.57 Å². The fourth-order valence-corrected chi connectivity index (χ4v) is 1.55. The Balaban J connectivity index is 5.25. The summed E-state index contributed by atoms with van der Waals surface area (Å²) in [5.41, 5.74) is -5.43. The number of carbonyl (C=O) groups excluding carboxylic acids is 3. The lowest BCUT2D eigenvalue weighted by Crippen LogP contribution is -2.42. The van der Waals surface area contributed by atoms with E-state index in [1.165, 1.54) is 6.92 Å². The highest BCUT2D eigenvalue weighted by atomic mass is 19.1. The summed E-state index contributed by atoms with van der Waals surface area (Å²) in [5.74, 6) is -2.91. The quantitative estimate of drug-likeness (QED) is 0.330. The van der Waals surface area contributed by atoms with E-state index in [-0.39, 0.29) is 31.8 Å². The first kappa shape index (κ1) is 24.0. The van der Waals surface area contributed by atoms with E-state index in [1.807, 2.05) is 0 Å². The van der Waals surface area contributed by atoms with Gasteiger partial charge in [-0.15, -0.1) is 0 Å². The molecule has 0 radical (unpaired) electrons. The van der Waals surface area contributed by atoms with Crippen molar-refractivity contribution in [3.05, 3.63) is 12.2 Å². The molecule has 0 heterocycles. The summed E-state index contributed by atoms with van der Waals surface area (Å²) in [4.78, 5) is 35.0. The predicted molar refractivity (Wildman–Crippen MR) is 90.8 cm³/mol. The average molecular weight is 378 g/mol. The molecule has 0 amide bonds. The van der Waals surface area contributed by atoms with E-state index in [0.717, 1.165) is 27.7 Å². The highest BCUT2D eigenvalue weighted by Crippen LogP contribution is 2.27. The summed E-state index contributed by atoms with van der Waals surface area (Å²) in [7, 11) is 0. The summed E-state index contributed by atoms with van der Waals surface area (Å²) in [6.45, 7) is 9.70. The first-order chi connectivity index (χ1) is 11.6. The maximum atomic E-state index is 13.6. The van der Waals surface area contributed by atoms with Crippen molar-refractivity contribution in [2.45, 2.75) is 59.3 Å². The predicted octanol–water partition coefficient (Wildman–Crippen LogP) is 3.08. The molecule has 0 saturated carbocycles. The van der Waals surface area contributed by atoms with Crippen LogP contribution >= 0.6 is 0 Å². The lowest BCUT2D eigenvalue weighted by molar-refractivity contribution is -0.171. The van der Waals surface area contributed by atoms with Crippen LogP contribution in [-0.2, 0) is 28.6 Å². The van der Waals surface area contributed by atoms with Crippen LogP contribution < -0.4 is 0 Å². The van der Waals surface area contributed by atoms with Gasteiger partial charge in [0.15, 0.2) is 0 Å². The van der Waals surface area contributed by atoms with Crippen LogP contribution in [0.15, 0.2) is 12.2 Å². The van der Waals surface area contributed by atoms with Gasteiger partial charge in [-0.25, -0.2) is 23.2 Å². The monoisotopic (exact) mass is 378 g/mol. The van der Waals surface area contributed by atoms with E-state index in [2.05, 4.69) is 6.58 Å². The van der Waals surface area contributed by atoms with Gasteiger partial charge >= 0.3 is 17.9 Å². The van der Waals surface area contributed by atoms with Crippen molar-refractivity contribution in [1.29, 1.82) is 0 Å². The van der Waals surface area contributed by atoms with Gasteiger partial charge in [0.25, 0.3) is 0 Å². The average Bonchev–Trinajstić information content (AvgIpc) is 2.51. The standard InChI is InChI=1S/C18H28F2O6/c1-8-18(9-24-13(21)12(2)3,10-25-14(22)16(4,5)19)11-26-15(23)17(6,7)20/h2,8-11H2,1,3-7H3. The van der Waals surface area contributed by atoms with E-state index in [1.54, 1.807) is 6.92 Å². The Labute approximate surface area is 152 Å². The van der Waals surface area contributed by atoms with Crippen molar-refractivity contribution in [3.8, 4) is 0 Å². The topological polar surface area (TPSA) is 78.9 Å². The minimum atomic E-state index is -2.22. The highest BCUT2D eigenvalue weighted by molar-refractivity contribution is 5.87. The van der Waals surface area contributed by atoms with Crippen LogP contribution in [0.4, 0.5) is 8.78 Å². The molecule has 0 aromatic heterocycles. The van der Waals surface area contributed by atoms with Crippen molar-refractivity contribution in [2.75, 3.05) is 19.8 Å². The van der Waals surface area contributed by atoms with Crippen LogP contribution in [-0.4, -0.2) is 49.1 Å². The lowest BCUT2D eigenvalue weighted by atomic mass is 9.87. The van der Waals surface area contributed by atoms with Gasteiger partial charge in [0.2, 0.25) is 11.3 Å². The number of hydrogen-bond donors (Lipinski definition) is 0. The van der Waals surface area contributed by atoms with Gasteiger partial charge in [0.1, 0.15) is 19.8 Å². The molecular formula is C18H28F2O6. The first-order valence-corrected chi connectivity index (χ1v) is 8.19. The van der Waals surface area contributed by atoms with Crippen molar-refractivity contribution in [2.24, 2.45) is 5.41 Å². The van der Waals surface area contributed by atoms with Crippen LogP contribution in [0.1, 0.15) is 48.0 Å². The van der Waals surface area contributed by atoms with Gasteiger partial charge in [0.05, 0.1) is 5.41 Å². The molecule has 0 aromatic carbocycles. The second-order valence-corrected chi connectivity index (χ2v) is 7.31. The van der Waals surface area contributed by atoms with E-state index in [4.69, 9.17) is 14.2 Å². The second-order valence-electron chi connectivity index (χ2n) is 7.31. The van der Waals surface area contributed by atoms with E-state index >= 15 is 0 Å². The van der Waals surface area contributed by atoms with Crippen molar-refractivity contribution >= 4 is 17.9 Å². The number of carbonyl (C=O) groups is 3. The molecule has 0 atom stereocenters. The molecule has 6 nitrogen and oxygen atoms in total. The molecule has 0 fully saturated rings. The normalized spacial score (nSPS) is 12.3. The molecule has 0 aliphatic rings. The summed E-state index contributed by atoms with van der Waals surface area (Å²) in [6, 6.07) is 0. The zero-order valence-corrected chi connectivity index (χ0v) is 16.2. The Morgan fingerprint density at radius 1 is 0.846 bits per heavy atom. The highest BCUT2D eigenvalue weighted by Gasteiger charge is 2.38. The molecular weight excluding hydrogens is 350 g/mol. The maximum absolute atomic E-state index is 13.6. The fourth-order valence-electron chi connectivity index (χ4n) is 1.55. The first-order valence-electron chi connectivity index (χ1n) is 8.19. The number of alkyl halides is 2. The van der Waals surface area contributed by atoms with Gasteiger partial charge in [-0.2, -0.15) is 0 Å². The minimum Gasteiger partial charge on any atom is -0.462 e. The van der Waals surface area contributed by atoms with E-state index in [9.17, 15) is 23.2 Å². The Kier molecular flexibility index (Phi) is 8.40. The van der Waals surface area contributed by atoms with Crippen LogP contribution in [0.2, 0.25) is 0 Å². The van der Waals surface area contributed by atoms with Crippen molar-refractivity contribution in [1.82, 2.24) is 0 Å². The van der Waals surface area contributed by atoms with E-state index in [0.29, 0.717) is 0 Å². The molecule has 150 valence electrons. The molecule has 0 unspecified atom stereocenters. The number of hydrogen-bond acceptors (Lipinski definition) is 6. The third-order valence-corrected chi connectivity index (χ3v) is 3.60. The molecule has 0 spiro atoms. The molecule has 0 saturated heterocycles. The Morgan fingerprint density at radius 3 is 1.46 bits per heavy atom. The van der Waals surface area contributed by atoms with Crippen molar-refractivity contribution in [3.63, 3.8) is 0 Å². The van der Waals surface area contributed by atoms with Crippen LogP contribution in [0, 0.1) is 5.41 Å². The Hall–Kier alpha value is -1.99. The number of halogens is 2. The second kappa shape index (κ2) is 9.09. The fraction of sp³-hybridized carbons (Fsp3) is 0.722. The lowest BCUT2D eigenvalue weighted by Gasteiger charge is -2.32.